The molecule has 0 bridgehead atoms. The maximum atomic E-state index is 4.52. The first-order chi connectivity index (χ1) is 2.89. The topological polar surface area (TPSA) is 42.8 Å². The van der Waals surface area contributed by atoms with E-state index in [4.69, 9.17) is 0 Å². The Hall–Kier alpha value is 0.464. The second-order valence-corrected chi connectivity index (χ2v) is 1.18. The minimum absolute atomic E-state index is 0. The van der Waals surface area contributed by atoms with Crippen LogP contribution in [0.25, 0.3) is 0 Å². The Bertz CT molecular complexity index is 151. The molecule has 5 heteroatoms. The number of nitrogens with zero attached hydrogens (tertiary/aromatic N) is 2. The Morgan fingerprint density at radius 1 is 1.86 bits per heavy atom. The fraction of sp³-hybridized carbons (Fsp3) is 0. The fourth-order valence-electron chi connectivity index (χ4n) is 0.194. The molecule has 0 aliphatic carbocycles. The van der Waals surface area contributed by atoms with Gasteiger partial charge in [0.05, 0.1) is 4.77 Å². The summed E-state index contributed by atoms with van der Waals surface area (Å²) in [6.07, 6.45) is 1.38. The first-order valence-electron chi connectivity index (χ1n) is 1.42. The summed E-state index contributed by atoms with van der Waals surface area (Å²) in [5.41, 5.74) is 0. The fourth-order valence-corrected chi connectivity index (χ4v) is 0.294. The summed E-state index contributed by atoms with van der Waals surface area (Å²) < 4.78 is 0.440. The molecular formula is C2H2N3SY+2. The molecule has 0 saturated heterocycles. The summed E-state index contributed by atoms with van der Waals surface area (Å²) in [4.78, 5) is 3.56. The summed E-state index contributed by atoms with van der Waals surface area (Å²) in [6, 6.07) is 0. The van der Waals surface area contributed by atoms with Gasteiger partial charge in [0, 0.05) is 0 Å². The maximum absolute atomic E-state index is 4.52. The summed E-state index contributed by atoms with van der Waals surface area (Å²) in [5.74, 6) is 0. The number of aromatic nitrogens is 3. The van der Waals surface area contributed by atoms with Crippen molar-refractivity contribution < 1.29 is 32.7 Å². The van der Waals surface area contributed by atoms with Crippen molar-refractivity contribution in [2.24, 2.45) is 0 Å². The van der Waals surface area contributed by atoms with Gasteiger partial charge >= 0.3 is 32.7 Å². The number of rotatable bonds is 0. The number of nitrogens with one attached hydrogen (secondary N) is 1. The van der Waals surface area contributed by atoms with Crippen molar-refractivity contribution in [2.45, 2.75) is 0 Å². The van der Waals surface area contributed by atoms with Gasteiger partial charge in [-0.05, 0) is 0 Å². The first kappa shape index (κ1) is 7.46. The molecule has 0 aromatic carbocycles. The van der Waals surface area contributed by atoms with Gasteiger partial charge < -0.3 is 15.2 Å². The standard InChI is InChI=1S/C2H3N3S.Y/c6-2-3-1-4-5-2;/h1H,(H2,3,4,5,6);/q;+3/p-1. The minimum Gasteiger partial charge on any atom is -0.418 e. The zero-order valence-corrected chi connectivity index (χ0v) is 7.11. The van der Waals surface area contributed by atoms with Gasteiger partial charge in [0.15, 0.2) is 0 Å². The van der Waals surface area contributed by atoms with E-state index in [2.05, 4.69) is 27.4 Å². The summed E-state index contributed by atoms with van der Waals surface area (Å²) in [6.45, 7) is 0. The van der Waals surface area contributed by atoms with E-state index in [0.29, 0.717) is 4.77 Å². The molecule has 32 valence electrons. The van der Waals surface area contributed by atoms with Crippen LogP contribution in [-0.2, 0) is 32.7 Å². The Labute approximate surface area is 70.8 Å². The molecule has 0 spiro atoms. The Balaban J connectivity index is 0.000000360. The van der Waals surface area contributed by atoms with Gasteiger partial charge in [0.1, 0.15) is 0 Å². The van der Waals surface area contributed by atoms with Crippen molar-refractivity contribution in [3.8, 4) is 0 Å². The summed E-state index contributed by atoms with van der Waals surface area (Å²) in [5, 5.41) is 5.94. The molecule has 0 fully saturated rings. The molecule has 1 heterocycles. The first-order valence-corrected chi connectivity index (χ1v) is 1.83. The van der Waals surface area contributed by atoms with Crippen molar-refractivity contribution in [1.82, 2.24) is 15.2 Å². The number of hydrogen-bond donors (Lipinski definition) is 1. The van der Waals surface area contributed by atoms with Crippen LogP contribution in [0.4, 0.5) is 0 Å². The van der Waals surface area contributed by atoms with Gasteiger partial charge in [-0.15, -0.1) is 0 Å². The van der Waals surface area contributed by atoms with E-state index in [1.165, 1.54) is 6.33 Å². The maximum Gasteiger partial charge on any atom is 3.00 e. The average Bonchev–Trinajstić information content (AvgIpc) is 1.86. The molecular weight excluding hydrogens is 187 g/mol. The smallest absolute Gasteiger partial charge is 0.418 e. The molecule has 0 unspecified atom stereocenters. The van der Waals surface area contributed by atoms with Crippen LogP contribution >= 0.6 is 12.2 Å². The van der Waals surface area contributed by atoms with Gasteiger partial charge in [-0.25, -0.2) is 0 Å². The second-order valence-electron chi connectivity index (χ2n) is 0.791. The van der Waals surface area contributed by atoms with E-state index in [9.17, 15) is 0 Å². The van der Waals surface area contributed by atoms with E-state index in [-0.39, 0.29) is 32.7 Å². The van der Waals surface area contributed by atoms with Crippen molar-refractivity contribution in [2.75, 3.05) is 0 Å². The van der Waals surface area contributed by atoms with E-state index in [1.807, 2.05) is 0 Å². The molecule has 1 N–H and O–H groups in total. The Morgan fingerprint density at radius 3 is 2.71 bits per heavy atom. The molecule has 1 aromatic rings. The van der Waals surface area contributed by atoms with E-state index in [0.717, 1.165) is 0 Å². The van der Waals surface area contributed by atoms with Crippen molar-refractivity contribution in [3.05, 3.63) is 11.1 Å². The molecule has 0 atom stereocenters. The molecule has 1 rings (SSSR count). The van der Waals surface area contributed by atoms with Crippen LogP contribution < -0.4 is 5.10 Å². The van der Waals surface area contributed by atoms with Crippen LogP contribution in [0.15, 0.2) is 6.33 Å². The van der Waals surface area contributed by atoms with Gasteiger partial charge in [-0.1, -0.05) is 18.5 Å². The Morgan fingerprint density at radius 2 is 2.57 bits per heavy atom. The zero-order valence-electron chi connectivity index (χ0n) is 3.46. The molecule has 1 aromatic heterocycles. The van der Waals surface area contributed by atoms with Crippen molar-refractivity contribution in [1.29, 1.82) is 0 Å². The largest absolute Gasteiger partial charge is 3.00 e. The van der Waals surface area contributed by atoms with Gasteiger partial charge in [0.25, 0.3) is 0 Å². The Kier molecular flexibility index (Phi) is 3.69. The normalized spacial score (nSPS) is 7.43. The summed E-state index contributed by atoms with van der Waals surface area (Å²) in [7, 11) is 0. The van der Waals surface area contributed by atoms with Crippen LogP contribution in [0.3, 0.4) is 0 Å². The van der Waals surface area contributed by atoms with Gasteiger partial charge in [-0.3, -0.25) is 0 Å². The van der Waals surface area contributed by atoms with Crippen LogP contribution in [0.5, 0.6) is 0 Å². The molecule has 0 aliphatic heterocycles. The van der Waals surface area contributed by atoms with Crippen LogP contribution in [0.2, 0.25) is 0 Å². The van der Waals surface area contributed by atoms with Crippen molar-refractivity contribution in [3.63, 3.8) is 0 Å². The van der Waals surface area contributed by atoms with Crippen LogP contribution in [0, 0.1) is 4.77 Å². The molecule has 0 radical (unpaired) electrons. The van der Waals surface area contributed by atoms with Crippen molar-refractivity contribution >= 4 is 12.2 Å². The minimum atomic E-state index is 0. The summed E-state index contributed by atoms with van der Waals surface area (Å²) >= 11 is 4.52. The number of hydrogen-bond acceptors (Lipinski definition) is 2. The molecule has 7 heavy (non-hydrogen) atoms. The quantitative estimate of drug-likeness (QED) is 0.588. The van der Waals surface area contributed by atoms with E-state index < -0.39 is 0 Å². The third-order valence-electron chi connectivity index (χ3n) is 0.393. The number of H-pyrrole nitrogens is 1. The van der Waals surface area contributed by atoms with Crippen LogP contribution in [0.1, 0.15) is 0 Å². The zero-order chi connectivity index (χ0) is 4.41. The van der Waals surface area contributed by atoms with Gasteiger partial charge in [0.2, 0.25) is 0 Å². The SMILES string of the molecule is S=c1nc[n-][nH]1.[Y+3]. The van der Waals surface area contributed by atoms with Gasteiger partial charge in [-0.2, -0.15) is 0 Å². The predicted molar refractivity (Wildman–Crippen MR) is 22.7 cm³/mol. The second kappa shape index (κ2) is 3.46. The van der Waals surface area contributed by atoms with E-state index in [1.54, 1.807) is 0 Å². The average molecular weight is 189 g/mol. The molecule has 3 nitrogen and oxygen atoms in total. The molecule has 0 saturated carbocycles. The molecule has 0 amide bonds. The van der Waals surface area contributed by atoms with E-state index >= 15 is 0 Å². The third-order valence-corrected chi connectivity index (χ3v) is 0.590. The monoisotopic (exact) mass is 189 g/mol. The molecule has 0 aliphatic rings. The third kappa shape index (κ3) is 2.31. The predicted octanol–water partition coefficient (Wildman–Crippen LogP) is 0.0939. The van der Waals surface area contributed by atoms with Crippen LogP contribution in [-0.4, -0.2) is 10.1 Å². The number of aromatic amines is 1.